The molecule has 1 rings (SSSR count). The van der Waals surface area contributed by atoms with E-state index in [1.807, 2.05) is 18.2 Å². The minimum absolute atomic E-state index is 0.752. The summed E-state index contributed by atoms with van der Waals surface area (Å²) in [6.45, 7) is 2.70. The fourth-order valence-electron chi connectivity index (χ4n) is 1.94. The van der Waals surface area contributed by atoms with Crippen molar-refractivity contribution in [1.29, 1.82) is 0 Å². The predicted octanol–water partition coefficient (Wildman–Crippen LogP) is 2.91. The average Bonchev–Trinajstić information content (AvgIpc) is 2.35. The topological polar surface area (TPSA) is 38.5 Å². The van der Waals surface area contributed by atoms with E-state index >= 15 is 0 Å². The number of hydrogen-bond acceptors (Lipinski definition) is 3. The van der Waals surface area contributed by atoms with Gasteiger partial charge < -0.3 is 15.4 Å². The Bertz CT molecular complexity index is 358. The molecule has 0 unspecified atom stereocenters. The molecule has 102 valence electrons. The third-order valence-corrected chi connectivity index (χ3v) is 3.16. The summed E-state index contributed by atoms with van der Waals surface area (Å²) in [4.78, 5) is 2.28. The number of benzene rings is 1. The summed E-state index contributed by atoms with van der Waals surface area (Å²) < 4.78 is 5.34. The van der Waals surface area contributed by atoms with Crippen LogP contribution in [0.2, 0.25) is 5.02 Å². The Morgan fingerprint density at radius 2 is 2.06 bits per heavy atom. The van der Waals surface area contributed by atoms with Gasteiger partial charge in [0.25, 0.3) is 0 Å². The summed E-state index contributed by atoms with van der Waals surface area (Å²) >= 11 is 6.01. The molecule has 0 aromatic heterocycles. The largest absolute Gasteiger partial charge is 0.496 e. The molecule has 0 fully saturated rings. The van der Waals surface area contributed by atoms with Gasteiger partial charge in [-0.1, -0.05) is 18.0 Å². The number of methoxy groups -OCH3 is 1. The molecular weight excluding hydrogens is 248 g/mol. The van der Waals surface area contributed by atoms with E-state index in [2.05, 4.69) is 11.9 Å². The van der Waals surface area contributed by atoms with E-state index in [1.165, 1.54) is 12.8 Å². The van der Waals surface area contributed by atoms with Crippen molar-refractivity contribution in [3.63, 3.8) is 0 Å². The first-order valence-corrected chi connectivity index (χ1v) is 6.76. The molecule has 0 bridgehead atoms. The van der Waals surface area contributed by atoms with Crippen molar-refractivity contribution >= 4 is 11.6 Å². The molecule has 0 aliphatic heterocycles. The first-order chi connectivity index (χ1) is 8.67. The molecule has 0 aliphatic rings. The Morgan fingerprint density at radius 1 is 1.28 bits per heavy atom. The van der Waals surface area contributed by atoms with Gasteiger partial charge in [-0.15, -0.1) is 0 Å². The van der Waals surface area contributed by atoms with E-state index in [0.29, 0.717) is 0 Å². The molecule has 0 radical (unpaired) electrons. The van der Waals surface area contributed by atoms with Gasteiger partial charge in [-0.3, -0.25) is 0 Å². The number of nitrogens with two attached hydrogens (primary N) is 1. The van der Waals surface area contributed by atoms with Crippen molar-refractivity contribution in [2.24, 2.45) is 5.73 Å². The van der Waals surface area contributed by atoms with Gasteiger partial charge in [-0.05, 0) is 51.2 Å². The van der Waals surface area contributed by atoms with Crippen molar-refractivity contribution in [2.75, 3.05) is 27.2 Å². The molecule has 0 atom stereocenters. The third-order valence-electron chi connectivity index (χ3n) is 2.93. The highest BCUT2D eigenvalue weighted by Crippen LogP contribution is 2.23. The number of rotatable bonds is 8. The summed E-state index contributed by atoms with van der Waals surface area (Å²) in [5, 5.41) is 0.752. The SMILES string of the molecule is COc1ccc(Cl)cc1CN(C)CCCCCN. The van der Waals surface area contributed by atoms with Crippen molar-refractivity contribution < 1.29 is 4.74 Å². The maximum absolute atomic E-state index is 6.01. The van der Waals surface area contributed by atoms with Gasteiger partial charge in [-0.2, -0.15) is 0 Å². The quantitative estimate of drug-likeness (QED) is 0.738. The second kappa shape index (κ2) is 8.35. The summed E-state index contributed by atoms with van der Waals surface area (Å²) in [7, 11) is 3.80. The molecule has 4 heteroatoms. The van der Waals surface area contributed by atoms with E-state index in [4.69, 9.17) is 22.1 Å². The second-order valence-corrected chi connectivity index (χ2v) is 4.98. The van der Waals surface area contributed by atoms with Crippen LogP contribution < -0.4 is 10.5 Å². The second-order valence-electron chi connectivity index (χ2n) is 4.54. The maximum atomic E-state index is 6.01. The zero-order valence-electron chi connectivity index (χ0n) is 11.3. The lowest BCUT2D eigenvalue weighted by Gasteiger charge is -2.18. The average molecular weight is 271 g/mol. The van der Waals surface area contributed by atoms with Gasteiger partial charge in [0.15, 0.2) is 0 Å². The zero-order chi connectivity index (χ0) is 13.4. The van der Waals surface area contributed by atoms with Crippen molar-refractivity contribution in [1.82, 2.24) is 4.90 Å². The lowest BCUT2D eigenvalue weighted by molar-refractivity contribution is 0.309. The lowest BCUT2D eigenvalue weighted by atomic mass is 10.1. The van der Waals surface area contributed by atoms with Crippen LogP contribution in [0.3, 0.4) is 0 Å². The predicted molar refractivity (Wildman–Crippen MR) is 77.2 cm³/mol. The zero-order valence-corrected chi connectivity index (χ0v) is 12.0. The Hall–Kier alpha value is -0.770. The molecule has 0 heterocycles. The van der Waals surface area contributed by atoms with Gasteiger partial charge in [0.1, 0.15) is 5.75 Å². The van der Waals surface area contributed by atoms with Crippen LogP contribution in [0.4, 0.5) is 0 Å². The van der Waals surface area contributed by atoms with E-state index in [1.54, 1.807) is 7.11 Å². The normalized spacial score (nSPS) is 10.9. The lowest BCUT2D eigenvalue weighted by Crippen LogP contribution is -2.19. The highest BCUT2D eigenvalue weighted by atomic mass is 35.5. The van der Waals surface area contributed by atoms with E-state index in [9.17, 15) is 0 Å². The van der Waals surface area contributed by atoms with E-state index < -0.39 is 0 Å². The fourth-order valence-corrected chi connectivity index (χ4v) is 2.14. The fraction of sp³-hybridized carbons (Fsp3) is 0.571. The smallest absolute Gasteiger partial charge is 0.123 e. The maximum Gasteiger partial charge on any atom is 0.123 e. The Labute approximate surface area is 115 Å². The molecule has 1 aromatic rings. The van der Waals surface area contributed by atoms with Crippen LogP contribution in [-0.2, 0) is 6.54 Å². The highest BCUT2D eigenvalue weighted by molar-refractivity contribution is 6.30. The Balaban J connectivity index is 2.47. The first-order valence-electron chi connectivity index (χ1n) is 6.38. The van der Waals surface area contributed by atoms with Crippen LogP contribution in [0.15, 0.2) is 18.2 Å². The molecule has 0 saturated carbocycles. The third kappa shape index (κ3) is 5.25. The van der Waals surface area contributed by atoms with Gasteiger partial charge >= 0.3 is 0 Å². The van der Waals surface area contributed by atoms with Crippen LogP contribution in [-0.4, -0.2) is 32.1 Å². The standard InChI is InChI=1S/C14H23ClN2O/c1-17(9-5-3-4-8-16)11-12-10-13(15)6-7-14(12)18-2/h6-7,10H,3-5,8-9,11,16H2,1-2H3. The molecule has 3 nitrogen and oxygen atoms in total. The molecule has 1 aromatic carbocycles. The number of nitrogens with zero attached hydrogens (tertiary/aromatic N) is 1. The number of halogens is 1. The van der Waals surface area contributed by atoms with Crippen molar-refractivity contribution in [2.45, 2.75) is 25.8 Å². The van der Waals surface area contributed by atoms with Gasteiger partial charge in [0.05, 0.1) is 7.11 Å². The van der Waals surface area contributed by atoms with Crippen LogP contribution in [0, 0.1) is 0 Å². The molecule has 0 aliphatic carbocycles. The summed E-state index contributed by atoms with van der Waals surface area (Å²) in [5.74, 6) is 0.896. The molecule has 0 amide bonds. The minimum atomic E-state index is 0.752. The van der Waals surface area contributed by atoms with Gasteiger partial charge in [0, 0.05) is 17.1 Å². The Morgan fingerprint density at radius 3 is 2.72 bits per heavy atom. The molecule has 0 spiro atoms. The Kier molecular flexibility index (Phi) is 7.09. The number of ether oxygens (including phenoxy) is 1. The molecular formula is C14H23ClN2O. The minimum Gasteiger partial charge on any atom is -0.496 e. The first kappa shape index (κ1) is 15.3. The van der Waals surface area contributed by atoms with Gasteiger partial charge in [0.2, 0.25) is 0 Å². The van der Waals surface area contributed by atoms with Crippen molar-refractivity contribution in [3.05, 3.63) is 28.8 Å². The van der Waals surface area contributed by atoms with Crippen molar-refractivity contribution in [3.8, 4) is 5.75 Å². The molecule has 2 N–H and O–H groups in total. The van der Waals surface area contributed by atoms with Crippen LogP contribution >= 0.6 is 11.6 Å². The highest BCUT2D eigenvalue weighted by Gasteiger charge is 2.07. The van der Waals surface area contributed by atoms with Crippen LogP contribution in [0.5, 0.6) is 5.75 Å². The summed E-state index contributed by atoms with van der Waals surface area (Å²) in [6, 6.07) is 5.74. The number of hydrogen-bond donors (Lipinski definition) is 1. The monoisotopic (exact) mass is 270 g/mol. The number of unbranched alkanes of at least 4 members (excludes halogenated alkanes) is 2. The van der Waals surface area contributed by atoms with Crippen LogP contribution in [0.25, 0.3) is 0 Å². The summed E-state index contributed by atoms with van der Waals surface area (Å²) in [6.07, 6.45) is 3.47. The molecule has 0 saturated heterocycles. The van der Waals surface area contributed by atoms with Gasteiger partial charge in [-0.25, -0.2) is 0 Å². The summed E-state index contributed by atoms with van der Waals surface area (Å²) in [5.41, 5.74) is 6.61. The van der Waals surface area contributed by atoms with E-state index in [0.717, 1.165) is 42.4 Å². The molecule has 18 heavy (non-hydrogen) atoms. The van der Waals surface area contributed by atoms with Crippen LogP contribution in [0.1, 0.15) is 24.8 Å². The van der Waals surface area contributed by atoms with E-state index in [-0.39, 0.29) is 0 Å².